The van der Waals surface area contributed by atoms with Crippen LogP contribution in [0, 0.1) is 0 Å². The first-order chi connectivity index (χ1) is 12.4. The lowest BCUT2D eigenvalue weighted by molar-refractivity contribution is 0.181. The molecule has 2 N–H and O–H groups in total. The van der Waals surface area contributed by atoms with Crippen molar-refractivity contribution in [1.82, 2.24) is 19.9 Å². The Bertz CT molecular complexity index is 848. The van der Waals surface area contributed by atoms with Gasteiger partial charge in [-0.2, -0.15) is 0 Å². The summed E-state index contributed by atoms with van der Waals surface area (Å²) in [7, 11) is 1.68. The van der Waals surface area contributed by atoms with Crippen LogP contribution in [-0.4, -0.2) is 27.0 Å². The number of H-pyrrole nitrogens is 1. The van der Waals surface area contributed by atoms with Gasteiger partial charge >= 0.3 is 0 Å². The molecule has 0 spiro atoms. The van der Waals surface area contributed by atoms with E-state index in [-0.39, 0.29) is 11.5 Å². The average molecular weight is 353 g/mol. The van der Waals surface area contributed by atoms with Crippen LogP contribution < -0.4 is 5.32 Å². The number of fused-ring (bicyclic) bond motifs is 1. The van der Waals surface area contributed by atoms with Crippen molar-refractivity contribution in [3.8, 4) is 0 Å². The first-order valence-corrected chi connectivity index (χ1v) is 8.99. The molecule has 0 fully saturated rings. The number of hydrogen-bond acceptors (Lipinski definition) is 5. The summed E-state index contributed by atoms with van der Waals surface area (Å²) in [4.78, 5) is 17.5. The number of para-hydroxylation sites is 2. The Morgan fingerprint density at radius 3 is 2.58 bits per heavy atom. The van der Waals surface area contributed by atoms with Crippen LogP contribution in [0.15, 0.2) is 30.3 Å². The van der Waals surface area contributed by atoms with Crippen LogP contribution in [0.1, 0.15) is 57.5 Å². The van der Waals surface area contributed by atoms with Gasteiger partial charge in [0.05, 0.1) is 29.4 Å². The van der Waals surface area contributed by atoms with E-state index in [4.69, 9.17) is 14.7 Å². The molecule has 2 heterocycles. The van der Waals surface area contributed by atoms with Crippen molar-refractivity contribution >= 4 is 16.9 Å². The summed E-state index contributed by atoms with van der Waals surface area (Å²) in [5.41, 5.74) is 2.75. The highest BCUT2D eigenvalue weighted by Crippen LogP contribution is 2.25. The first-order valence-electron chi connectivity index (χ1n) is 8.99. The first kappa shape index (κ1) is 18.3. The van der Waals surface area contributed by atoms with E-state index in [0.29, 0.717) is 6.61 Å². The average Bonchev–Trinajstić information content (AvgIpc) is 3.03. The van der Waals surface area contributed by atoms with E-state index in [2.05, 4.69) is 43.0 Å². The standard InChI is InChI=1S/C20H27N5O/c1-6-14(18-23-15-9-7-8-10-16(15)24-18)22-17-11-13(12-26-5)21-19(25-17)20(2,3)4/h7-11,14H,6,12H2,1-5H3,(H,23,24)(H,21,22,25). The molecule has 0 amide bonds. The largest absolute Gasteiger partial charge is 0.378 e. The second-order valence-electron chi connectivity index (χ2n) is 7.50. The molecule has 0 aliphatic carbocycles. The van der Waals surface area contributed by atoms with Gasteiger partial charge in [0, 0.05) is 18.6 Å². The fourth-order valence-electron chi connectivity index (χ4n) is 2.81. The molecule has 0 aliphatic heterocycles. The van der Waals surface area contributed by atoms with E-state index in [1.165, 1.54) is 0 Å². The monoisotopic (exact) mass is 353 g/mol. The number of hydrogen-bond donors (Lipinski definition) is 2. The molecule has 1 unspecified atom stereocenters. The van der Waals surface area contributed by atoms with Gasteiger partial charge in [0.2, 0.25) is 0 Å². The number of nitrogens with one attached hydrogen (secondary N) is 2. The number of methoxy groups -OCH3 is 1. The van der Waals surface area contributed by atoms with Crippen LogP contribution in [0.2, 0.25) is 0 Å². The van der Waals surface area contributed by atoms with Crippen LogP contribution in [0.3, 0.4) is 0 Å². The zero-order valence-corrected chi connectivity index (χ0v) is 16.1. The summed E-state index contributed by atoms with van der Waals surface area (Å²) in [6, 6.07) is 10.1. The molecule has 0 radical (unpaired) electrons. The Morgan fingerprint density at radius 1 is 1.15 bits per heavy atom. The molecular weight excluding hydrogens is 326 g/mol. The molecule has 0 saturated heterocycles. The van der Waals surface area contributed by atoms with Crippen molar-refractivity contribution in [2.45, 2.75) is 52.2 Å². The van der Waals surface area contributed by atoms with Gasteiger partial charge in [0.15, 0.2) is 0 Å². The van der Waals surface area contributed by atoms with E-state index in [1.807, 2.05) is 30.3 Å². The zero-order valence-electron chi connectivity index (χ0n) is 16.1. The van der Waals surface area contributed by atoms with Gasteiger partial charge in [-0.05, 0) is 18.6 Å². The van der Waals surface area contributed by atoms with Gasteiger partial charge < -0.3 is 15.0 Å². The number of ether oxygens (including phenoxy) is 1. The molecule has 3 aromatic rings. The molecule has 2 aromatic heterocycles. The zero-order chi connectivity index (χ0) is 18.7. The highest BCUT2D eigenvalue weighted by molar-refractivity contribution is 5.74. The smallest absolute Gasteiger partial charge is 0.136 e. The molecule has 6 heteroatoms. The lowest BCUT2D eigenvalue weighted by Gasteiger charge is -2.21. The number of aromatic nitrogens is 4. The van der Waals surface area contributed by atoms with Crippen LogP contribution in [0.25, 0.3) is 11.0 Å². The van der Waals surface area contributed by atoms with Gasteiger partial charge in [0.1, 0.15) is 17.5 Å². The summed E-state index contributed by atoms with van der Waals surface area (Å²) in [5.74, 6) is 2.51. The number of anilines is 1. The minimum absolute atomic E-state index is 0.0421. The quantitative estimate of drug-likeness (QED) is 0.688. The maximum absolute atomic E-state index is 5.27. The molecule has 6 nitrogen and oxygen atoms in total. The molecule has 0 saturated carbocycles. The minimum Gasteiger partial charge on any atom is -0.378 e. The normalized spacial score (nSPS) is 13.1. The highest BCUT2D eigenvalue weighted by atomic mass is 16.5. The van der Waals surface area contributed by atoms with E-state index in [9.17, 15) is 0 Å². The molecule has 0 bridgehead atoms. The fraction of sp³-hybridized carbons (Fsp3) is 0.450. The summed E-state index contributed by atoms with van der Waals surface area (Å²) in [5, 5.41) is 3.52. The fourth-order valence-corrected chi connectivity index (χ4v) is 2.81. The van der Waals surface area contributed by atoms with Crippen LogP contribution >= 0.6 is 0 Å². The molecule has 138 valence electrons. The Morgan fingerprint density at radius 2 is 1.92 bits per heavy atom. The SMILES string of the molecule is CCC(Nc1cc(COC)nc(C(C)(C)C)n1)c1nc2ccccc2[nH]1. The van der Waals surface area contributed by atoms with E-state index < -0.39 is 0 Å². The number of benzene rings is 1. The molecule has 26 heavy (non-hydrogen) atoms. The summed E-state index contributed by atoms with van der Waals surface area (Å²) in [6.45, 7) is 8.92. The second-order valence-corrected chi connectivity index (χ2v) is 7.50. The van der Waals surface area contributed by atoms with Crippen LogP contribution in [0.4, 0.5) is 5.82 Å². The molecule has 1 aromatic carbocycles. The van der Waals surface area contributed by atoms with Crippen molar-refractivity contribution < 1.29 is 4.74 Å². The maximum atomic E-state index is 5.27. The second kappa shape index (κ2) is 7.41. The summed E-state index contributed by atoms with van der Waals surface area (Å²) >= 11 is 0. The number of rotatable bonds is 6. The molecule has 3 rings (SSSR count). The third-order valence-electron chi connectivity index (χ3n) is 4.21. The van der Waals surface area contributed by atoms with Gasteiger partial charge in [0.25, 0.3) is 0 Å². The third-order valence-corrected chi connectivity index (χ3v) is 4.21. The van der Waals surface area contributed by atoms with Gasteiger partial charge in [-0.15, -0.1) is 0 Å². The Balaban J connectivity index is 1.93. The van der Waals surface area contributed by atoms with Gasteiger partial charge in [-0.25, -0.2) is 15.0 Å². The van der Waals surface area contributed by atoms with Gasteiger partial charge in [-0.3, -0.25) is 0 Å². The topological polar surface area (TPSA) is 75.7 Å². The Hall–Kier alpha value is -2.47. The van der Waals surface area contributed by atoms with Crippen LogP contribution in [0.5, 0.6) is 0 Å². The van der Waals surface area contributed by atoms with E-state index in [0.717, 1.165) is 40.6 Å². The minimum atomic E-state index is -0.138. The van der Waals surface area contributed by atoms with Crippen molar-refractivity contribution in [2.75, 3.05) is 12.4 Å². The maximum Gasteiger partial charge on any atom is 0.136 e. The summed E-state index contributed by atoms with van der Waals surface area (Å²) in [6.07, 6.45) is 0.883. The molecular formula is C20H27N5O. The van der Waals surface area contributed by atoms with Crippen LogP contribution in [-0.2, 0) is 16.8 Å². The van der Waals surface area contributed by atoms with E-state index >= 15 is 0 Å². The van der Waals surface area contributed by atoms with Crippen molar-refractivity contribution in [1.29, 1.82) is 0 Å². The predicted molar refractivity (Wildman–Crippen MR) is 104 cm³/mol. The predicted octanol–water partition coefficient (Wildman–Crippen LogP) is 4.36. The van der Waals surface area contributed by atoms with Gasteiger partial charge in [-0.1, -0.05) is 39.8 Å². The molecule has 0 aliphatic rings. The lowest BCUT2D eigenvalue weighted by Crippen LogP contribution is -2.20. The summed E-state index contributed by atoms with van der Waals surface area (Å²) < 4.78 is 5.27. The molecule has 1 atom stereocenters. The Kier molecular flexibility index (Phi) is 5.23. The van der Waals surface area contributed by atoms with E-state index in [1.54, 1.807) is 7.11 Å². The van der Waals surface area contributed by atoms with Crippen molar-refractivity contribution in [3.05, 3.63) is 47.7 Å². The number of imidazole rings is 1. The lowest BCUT2D eigenvalue weighted by atomic mass is 9.95. The number of nitrogens with zero attached hydrogens (tertiary/aromatic N) is 3. The Labute approximate surface area is 154 Å². The number of aromatic amines is 1. The third kappa shape index (κ3) is 4.02. The highest BCUT2D eigenvalue weighted by Gasteiger charge is 2.21. The van der Waals surface area contributed by atoms with Crippen molar-refractivity contribution in [3.63, 3.8) is 0 Å². The van der Waals surface area contributed by atoms with Crippen molar-refractivity contribution in [2.24, 2.45) is 0 Å².